The summed E-state index contributed by atoms with van der Waals surface area (Å²) in [7, 11) is 0. The molecule has 0 aliphatic carbocycles. The van der Waals surface area contributed by atoms with E-state index < -0.39 is 0 Å². The van der Waals surface area contributed by atoms with E-state index in [1.54, 1.807) is 0 Å². The van der Waals surface area contributed by atoms with Gasteiger partial charge in [0.15, 0.2) is 0 Å². The van der Waals surface area contributed by atoms with Gasteiger partial charge in [-0.15, -0.1) is 11.6 Å². The van der Waals surface area contributed by atoms with E-state index in [0.29, 0.717) is 18.0 Å². The van der Waals surface area contributed by atoms with Gasteiger partial charge in [0.2, 0.25) is 5.91 Å². The van der Waals surface area contributed by atoms with Crippen LogP contribution in [0.4, 0.5) is 0 Å². The predicted octanol–water partition coefficient (Wildman–Crippen LogP) is 3.00. The summed E-state index contributed by atoms with van der Waals surface area (Å²) < 4.78 is 0.866. The Labute approximate surface area is 107 Å². The molecule has 0 saturated carbocycles. The van der Waals surface area contributed by atoms with Gasteiger partial charge in [0.25, 0.3) is 0 Å². The molecule has 0 aromatic heterocycles. The summed E-state index contributed by atoms with van der Waals surface area (Å²) >= 11 is 14.7. The smallest absolute Gasteiger partial charge is 0.234 e. The molecule has 0 aliphatic rings. The van der Waals surface area contributed by atoms with Gasteiger partial charge < -0.3 is 5.32 Å². The molecule has 0 heterocycles. The molecular formula is C10H10BrCl2NO. The largest absolute Gasteiger partial charge is 0.355 e. The molecule has 82 valence electrons. The van der Waals surface area contributed by atoms with Gasteiger partial charge >= 0.3 is 0 Å². The number of halogens is 3. The van der Waals surface area contributed by atoms with Crippen LogP contribution in [-0.4, -0.2) is 18.3 Å². The summed E-state index contributed by atoms with van der Waals surface area (Å²) in [4.78, 5) is 10.9. The van der Waals surface area contributed by atoms with Gasteiger partial charge in [-0.25, -0.2) is 0 Å². The van der Waals surface area contributed by atoms with Crippen molar-refractivity contribution in [3.05, 3.63) is 33.3 Å². The van der Waals surface area contributed by atoms with Crippen LogP contribution in [0, 0.1) is 0 Å². The highest BCUT2D eigenvalue weighted by atomic mass is 79.9. The molecule has 1 aromatic carbocycles. The van der Waals surface area contributed by atoms with Crippen LogP contribution in [-0.2, 0) is 11.2 Å². The van der Waals surface area contributed by atoms with E-state index in [1.807, 2.05) is 18.2 Å². The molecule has 0 bridgehead atoms. The normalized spacial score (nSPS) is 10.1. The molecule has 0 unspecified atom stereocenters. The summed E-state index contributed by atoms with van der Waals surface area (Å²) in [5.41, 5.74) is 1.00. The summed E-state index contributed by atoms with van der Waals surface area (Å²) in [6.07, 6.45) is 0.695. The maximum Gasteiger partial charge on any atom is 0.234 e. The van der Waals surface area contributed by atoms with E-state index in [1.165, 1.54) is 0 Å². The second-order valence-corrected chi connectivity index (χ2v) is 4.45. The molecule has 0 radical (unpaired) electrons. The van der Waals surface area contributed by atoms with Gasteiger partial charge in [-0.05, 0) is 34.0 Å². The predicted molar refractivity (Wildman–Crippen MR) is 66.6 cm³/mol. The molecule has 0 atom stereocenters. The van der Waals surface area contributed by atoms with Gasteiger partial charge in [-0.2, -0.15) is 0 Å². The maximum atomic E-state index is 10.9. The molecule has 0 aliphatic heterocycles. The van der Waals surface area contributed by atoms with Crippen LogP contribution in [0.5, 0.6) is 0 Å². The van der Waals surface area contributed by atoms with Gasteiger partial charge in [0.1, 0.15) is 5.88 Å². The monoisotopic (exact) mass is 309 g/mol. The maximum absolute atomic E-state index is 10.9. The van der Waals surface area contributed by atoms with Crippen molar-refractivity contribution < 1.29 is 4.79 Å². The van der Waals surface area contributed by atoms with Crippen molar-refractivity contribution in [3.8, 4) is 0 Å². The Morgan fingerprint density at radius 3 is 2.87 bits per heavy atom. The second-order valence-electron chi connectivity index (χ2n) is 2.95. The van der Waals surface area contributed by atoms with Crippen LogP contribution in [0.1, 0.15) is 5.56 Å². The zero-order chi connectivity index (χ0) is 11.3. The lowest BCUT2D eigenvalue weighted by molar-refractivity contribution is -0.118. The number of hydrogen-bond donors (Lipinski definition) is 1. The number of amides is 1. The Hall–Kier alpha value is -0.250. The Morgan fingerprint density at radius 2 is 2.20 bits per heavy atom. The van der Waals surface area contributed by atoms with E-state index >= 15 is 0 Å². The highest BCUT2D eigenvalue weighted by Gasteiger charge is 2.04. The second kappa shape index (κ2) is 6.36. The molecule has 1 rings (SSSR count). The molecule has 1 amide bonds. The fourth-order valence-electron chi connectivity index (χ4n) is 1.13. The molecule has 1 N–H and O–H groups in total. The van der Waals surface area contributed by atoms with Gasteiger partial charge in [0.05, 0.1) is 5.02 Å². The third kappa shape index (κ3) is 4.01. The average Bonchev–Trinajstić information content (AvgIpc) is 2.24. The van der Waals surface area contributed by atoms with Gasteiger partial charge in [0, 0.05) is 11.0 Å². The number of carbonyl (C=O) groups excluding carboxylic acids is 1. The zero-order valence-electron chi connectivity index (χ0n) is 7.90. The van der Waals surface area contributed by atoms with Crippen molar-refractivity contribution in [3.63, 3.8) is 0 Å². The van der Waals surface area contributed by atoms with Crippen LogP contribution < -0.4 is 5.32 Å². The molecule has 0 spiro atoms. The van der Waals surface area contributed by atoms with Gasteiger partial charge in [-0.3, -0.25) is 4.79 Å². The number of nitrogens with one attached hydrogen (secondary N) is 1. The van der Waals surface area contributed by atoms with E-state index in [9.17, 15) is 4.79 Å². The quantitative estimate of drug-likeness (QED) is 0.851. The number of carbonyl (C=O) groups is 1. The standard InChI is InChI=1S/C10H10BrCl2NO/c11-8-3-1-2-7(10(8)13)4-5-14-9(15)6-12/h1-3H,4-6H2,(H,14,15). The number of alkyl halides is 1. The van der Waals surface area contributed by atoms with Crippen molar-refractivity contribution in [2.45, 2.75) is 6.42 Å². The van der Waals surface area contributed by atoms with Crippen molar-refractivity contribution in [2.75, 3.05) is 12.4 Å². The third-order valence-electron chi connectivity index (χ3n) is 1.87. The lowest BCUT2D eigenvalue weighted by Gasteiger charge is -2.06. The highest BCUT2D eigenvalue weighted by Crippen LogP contribution is 2.25. The summed E-state index contributed by atoms with van der Waals surface area (Å²) in [6, 6.07) is 5.72. The minimum atomic E-state index is -0.164. The Morgan fingerprint density at radius 1 is 1.47 bits per heavy atom. The molecule has 2 nitrogen and oxygen atoms in total. The summed E-state index contributed by atoms with van der Waals surface area (Å²) in [5.74, 6) is -0.172. The molecule has 15 heavy (non-hydrogen) atoms. The van der Waals surface area contributed by atoms with E-state index in [4.69, 9.17) is 23.2 Å². The van der Waals surface area contributed by atoms with Crippen LogP contribution in [0.3, 0.4) is 0 Å². The minimum absolute atomic E-state index is 0.00772. The fourth-order valence-corrected chi connectivity index (χ4v) is 1.85. The van der Waals surface area contributed by atoms with Crippen LogP contribution in [0.15, 0.2) is 22.7 Å². The first-order chi connectivity index (χ1) is 7.15. The Bertz CT molecular complexity index is 357. The fraction of sp³-hybridized carbons (Fsp3) is 0.300. The summed E-state index contributed by atoms with van der Waals surface area (Å²) in [6.45, 7) is 0.543. The van der Waals surface area contributed by atoms with E-state index in [0.717, 1.165) is 10.0 Å². The van der Waals surface area contributed by atoms with Gasteiger partial charge in [-0.1, -0.05) is 23.7 Å². The van der Waals surface area contributed by atoms with Crippen LogP contribution in [0.2, 0.25) is 5.02 Å². The minimum Gasteiger partial charge on any atom is -0.355 e. The topological polar surface area (TPSA) is 29.1 Å². The molecular weight excluding hydrogens is 301 g/mol. The van der Waals surface area contributed by atoms with Crippen molar-refractivity contribution in [1.82, 2.24) is 5.32 Å². The highest BCUT2D eigenvalue weighted by molar-refractivity contribution is 9.10. The summed E-state index contributed by atoms with van der Waals surface area (Å²) in [5, 5.41) is 3.37. The Kier molecular flexibility index (Phi) is 5.43. The molecule has 5 heteroatoms. The first kappa shape index (κ1) is 12.8. The van der Waals surface area contributed by atoms with Crippen LogP contribution in [0.25, 0.3) is 0 Å². The third-order valence-corrected chi connectivity index (χ3v) is 3.45. The van der Waals surface area contributed by atoms with E-state index in [2.05, 4.69) is 21.2 Å². The van der Waals surface area contributed by atoms with Crippen molar-refractivity contribution in [1.29, 1.82) is 0 Å². The first-order valence-corrected chi connectivity index (χ1v) is 6.11. The lowest BCUT2D eigenvalue weighted by Crippen LogP contribution is -2.26. The molecule has 0 fully saturated rings. The van der Waals surface area contributed by atoms with Crippen molar-refractivity contribution >= 4 is 45.0 Å². The first-order valence-electron chi connectivity index (χ1n) is 4.40. The Balaban J connectivity index is 2.51. The van der Waals surface area contributed by atoms with Crippen LogP contribution >= 0.6 is 39.1 Å². The number of rotatable bonds is 4. The number of benzene rings is 1. The van der Waals surface area contributed by atoms with Crippen molar-refractivity contribution in [2.24, 2.45) is 0 Å². The SMILES string of the molecule is O=C(CCl)NCCc1cccc(Br)c1Cl. The molecule has 1 aromatic rings. The molecule has 0 saturated heterocycles. The lowest BCUT2D eigenvalue weighted by atomic mass is 10.1. The average molecular weight is 311 g/mol. The van der Waals surface area contributed by atoms with E-state index in [-0.39, 0.29) is 11.8 Å². The zero-order valence-corrected chi connectivity index (χ0v) is 11.0. The number of hydrogen-bond acceptors (Lipinski definition) is 1.